The summed E-state index contributed by atoms with van der Waals surface area (Å²) in [5.41, 5.74) is 3.75. The molecule has 7 nitrogen and oxygen atoms in total. The lowest BCUT2D eigenvalue weighted by atomic mass is 10.1. The van der Waals surface area contributed by atoms with E-state index in [-0.39, 0.29) is 6.79 Å². The van der Waals surface area contributed by atoms with Crippen LogP contribution in [0.25, 0.3) is 43.6 Å². The number of fused-ring (bicyclic) bond motifs is 10. The minimum absolute atomic E-state index is 0.175. The van der Waals surface area contributed by atoms with Gasteiger partial charge in [0.1, 0.15) is 17.2 Å². The molecule has 7 heteroatoms. The van der Waals surface area contributed by atoms with Gasteiger partial charge in [0.05, 0.1) is 48.7 Å². The van der Waals surface area contributed by atoms with E-state index in [0.717, 1.165) is 60.9 Å². The van der Waals surface area contributed by atoms with Crippen molar-refractivity contribution < 1.29 is 23.7 Å². The molecule has 0 aliphatic carbocycles. The summed E-state index contributed by atoms with van der Waals surface area (Å²) in [5, 5.41) is 3.88. The van der Waals surface area contributed by atoms with Crippen LogP contribution in [0.1, 0.15) is 0 Å². The van der Waals surface area contributed by atoms with Gasteiger partial charge in [0.25, 0.3) is 0 Å². The molecule has 3 heterocycles. The Balaban J connectivity index is 1.86. The van der Waals surface area contributed by atoms with E-state index in [1.165, 1.54) is 0 Å². The highest BCUT2D eigenvalue weighted by atomic mass is 16.7. The molecule has 0 fully saturated rings. The van der Waals surface area contributed by atoms with Crippen molar-refractivity contribution in [2.24, 2.45) is 0 Å². The molecular weight excluding hydrogens is 372 g/mol. The van der Waals surface area contributed by atoms with Crippen molar-refractivity contribution in [2.45, 2.75) is 0 Å². The third-order valence-corrected chi connectivity index (χ3v) is 5.62. The van der Waals surface area contributed by atoms with E-state index in [0.29, 0.717) is 11.5 Å². The first-order valence-corrected chi connectivity index (χ1v) is 9.22. The highest BCUT2D eigenvalue weighted by Crippen LogP contribution is 2.52. The zero-order valence-electron chi connectivity index (χ0n) is 16.1. The Morgan fingerprint density at radius 3 is 2.14 bits per heavy atom. The van der Waals surface area contributed by atoms with Gasteiger partial charge >= 0.3 is 0 Å². The third kappa shape index (κ3) is 2.01. The monoisotopic (exact) mass is 390 g/mol. The average molecular weight is 390 g/mol. The van der Waals surface area contributed by atoms with Crippen LogP contribution in [-0.4, -0.2) is 38.1 Å². The Bertz CT molecular complexity index is 1450. The van der Waals surface area contributed by atoms with Gasteiger partial charge in [-0.3, -0.25) is 0 Å². The fourth-order valence-electron chi connectivity index (χ4n) is 4.31. The van der Waals surface area contributed by atoms with Crippen molar-refractivity contribution >= 4 is 43.6 Å². The van der Waals surface area contributed by atoms with Gasteiger partial charge in [-0.1, -0.05) is 0 Å². The molecule has 6 rings (SSSR count). The summed E-state index contributed by atoms with van der Waals surface area (Å²) in [6, 6.07) is 9.80. The van der Waals surface area contributed by atoms with E-state index in [1.54, 1.807) is 21.3 Å². The Kier molecular flexibility index (Phi) is 3.16. The molecule has 3 aromatic carbocycles. The molecule has 0 unspecified atom stereocenters. The van der Waals surface area contributed by atoms with Crippen LogP contribution in [0.5, 0.6) is 28.7 Å². The predicted molar refractivity (Wildman–Crippen MR) is 111 cm³/mol. The van der Waals surface area contributed by atoms with Gasteiger partial charge in [-0.25, -0.2) is 0 Å². The summed E-state index contributed by atoms with van der Waals surface area (Å²) in [6.07, 6.45) is 0. The van der Waals surface area contributed by atoms with Crippen LogP contribution in [0.15, 0.2) is 30.3 Å². The lowest BCUT2D eigenvalue weighted by Crippen LogP contribution is -1.93. The summed E-state index contributed by atoms with van der Waals surface area (Å²) in [7, 11) is 4.95. The lowest BCUT2D eigenvalue weighted by Gasteiger charge is -2.06. The van der Waals surface area contributed by atoms with E-state index < -0.39 is 0 Å². The first-order chi connectivity index (χ1) is 14.2. The molecule has 0 saturated carbocycles. The van der Waals surface area contributed by atoms with E-state index in [9.17, 15) is 0 Å². The van der Waals surface area contributed by atoms with Gasteiger partial charge in [0.2, 0.25) is 6.79 Å². The van der Waals surface area contributed by atoms with Crippen molar-refractivity contribution in [1.29, 1.82) is 0 Å². The predicted octanol–water partition coefficient (Wildman–Crippen LogP) is 4.71. The fraction of sp³-hybridized carbons (Fsp3) is 0.182. The number of ether oxygens (including phenoxy) is 5. The second-order valence-electron chi connectivity index (χ2n) is 6.98. The molecule has 146 valence electrons. The van der Waals surface area contributed by atoms with E-state index >= 15 is 0 Å². The molecule has 0 atom stereocenters. The van der Waals surface area contributed by atoms with E-state index in [2.05, 4.69) is 9.97 Å². The zero-order chi connectivity index (χ0) is 19.7. The largest absolute Gasteiger partial charge is 0.497 e. The smallest absolute Gasteiger partial charge is 0.231 e. The number of aromatic amines is 2. The molecule has 0 radical (unpaired) electrons. The van der Waals surface area contributed by atoms with Crippen LogP contribution in [0.3, 0.4) is 0 Å². The Morgan fingerprint density at radius 1 is 0.724 bits per heavy atom. The van der Waals surface area contributed by atoms with Gasteiger partial charge in [-0.2, -0.15) is 0 Å². The Labute approximate surface area is 165 Å². The number of hydrogen-bond acceptors (Lipinski definition) is 5. The molecule has 0 saturated heterocycles. The number of aromatic nitrogens is 2. The van der Waals surface area contributed by atoms with Crippen molar-refractivity contribution in [3.63, 3.8) is 0 Å². The Hall–Kier alpha value is -3.74. The summed E-state index contributed by atoms with van der Waals surface area (Å²) < 4.78 is 28.4. The fourth-order valence-corrected chi connectivity index (χ4v) is 4.31. The summed E-state index contributed by atoms with van der Waals surface area (Å²) in [6.45, 7) is 0.175. The maximum Gasteiger partial charge on any atom is 0.231 e. The normalized spacial score (nSPS) is 13.1. The summed E-state index contributed by atoms with van der Waals surface area (Å²) in [5.74, 6) is 3.65. The number of H-pyrrole nitrogens is 2. The molecule has 5 aromatic rings. The molecule has 2 aromatic heterocycles. The molecule has 29 heavy (non-hydrogen) atoms. The van der Waals surface area contributed by atoms with Crippen LogP contribution < -0.4 is 23.7 Å². The van der Waals surface area contributed by atoms with Crippen molar-refractivity contribution in [3.05, 3.63) is 30.3 Å². The molecule has 1 aliphatic rings. The molecular formula is C22H18N2O5. The van der Waals surface area contributed by atoms with Crippen LogP contribution in [0, 0.1) is 0 Å². The number of rotatable bonds is 3. The first kappa shape index (κ1) is 16.2. The highest BCUT2D eigenvalue weighted by Gasteiger charge is 2.28. The van der Waals surface area contributed by atoms with Crippen molar-refractivity contribution in [3.8, 4) is 28.7 Å². The second-order valence-corrected chi connectivity index (χ2v) is 6.98. The van der Waals surface area contributed by atoms with Gasteiger partial charge in [-0.05, 0) is 24.3 Å². The zero-order valence-corrected chi connectivity index (χ0v) is 16.1. The molecule has 0 bridgehead atoms. The van der Waals surface area contributed by atoms with Crippen molar-refractivity contribution in [2.75, 3.05) is 28.1 Å². The SMILES string of the molecule is COc1ccc2[nH]c3c4[nH]c5c(OC)cc(OC)cc5c4c4c(c3c2c1)OCO4. The van der Waals surface area contributed by atoms with Gasteiger partial charge < -0.3 is 33.7 Å². The first-order valence-electron chi connectivity index (χ1n) is 9.22. The molecule has 1 aliphatic heterocycles. The lowest BCUT2D eigenvalue weighted by molar-refractivity contribution is 0.176. The van der Waals surface area contributed by atoms with E-state index in [4.69, 9.17) is 23.7 Å². The van der Waals surface area contributed by atoms with E-state index in [1.807, 2.05) is 30.3 Å². The number of hydrogen-bond donors (Lipinski definition) is 2. The van der Waals surface area contributed by atoms with Crippen LogP contribution in [0.2, 0.25) is 0 Å². The molecule has 0 amide bonds. The number of benzene rings is 3. The maximum atomic E-state index is 5.94. The molecule has 0 spiro atoms. The van der Waals surface area contributed by atoms with Gasteiger partial charge in [0.15, 0.2) is 11.5 Å². The van der Waals surface area contributed by atoms with Gasteiger partial charge in [-0.15, -0.1) is 0 Å². The minimum atomic E-state index is 0.175. The number of nitrogens with one attached hydrogen (secondary N) is 2. The van der Waals surface area contributed by atoms with Crippen LogP contribution in [0.4, 0.5) is 0 Å². The third-order valence-electron chi connectivity index (χ3n) is 5.62. The van der Waals surface area contributed by atoms with Crippen LogP contribution >= 0.6 is 0 Å². The average Bonchev–Trinajstić information content (AvgIpc) is 3.46. The van der Waals surface area contributed by atoms with Crippen LogP contribution in [-0.2, 0) is 0 Å². The molecule has 2 N–H and O–H groups in total. The quantitative estimate of drug-likeness (QED) is 0.467. The Morgan fingerprint density at radius 2 is 1.41 bits per heavy atom. The minimum Gasteiger partial charge on any atom is -0.497 e. The van der Waals surface area contributed by atoms with Crippen molar-refractivity contribution in [1.82, 2.24) is 9.97 Å². The topological polar surface area (TPSA) is 77.7 Å². The summed E-state index contributed by atoms with van der Waals surface area (Å²) in [4.78, 5) is 7.07. The van der Waals surface area contributed by atoms with Gasteiger partial charge in [0, 0.05) is 22.4 Å². The standard InChI is InChI=1S/C22H18N2O5/c1-25-10-4-5-14-12(6-10)16-19(23-14)20-17(22-21(16)28-9-29-22)13-7-11(26-2)8-15(27-3)18(13)24-20/h4-8,23-24H,9H2,1-3H3. The summed E-state index contributed by atoms with van der Waals surface area (Å²) >= 11 is 0. The maximum absolute atomic E-state index is 5.94. The highest BCUT2D eigenvalue weighted by molar-refractivity contribution is 6.27. The number of methoxy groups -OCH3 is 3. The second kappa shape index (κ2) is 5.64.